The van der Waals surface area contributed by atoms with Crippen LogP contribution in [0.3, 0.4) is 0 Å². The predicted octanol–water partition coefficient (Wildman–Crippen LogP) is 5.89. The quantitative estimate of drug-likeness (QED) is 0.393. The average Bonchev–Trinajstić information content (AvgIpc) is 2.83. The number of carbonyl (C=O) groups is 2. The van der Waals surface area contributed by atoms with Gasteiger partial charge in [-0.15, -0.1) is 0 Å². The normalized spacial score (nSPS) is 12.1. The highest BCUT2D eigenvalue weighted by molar-refractivity contribution is 6.32. The summed E-state index contributed by atoms with van der Waals surface area (Å²) in [4.78, 5) is 28.8. The molecule has 0 aliphatic heterocycles. The minimum absolute atomic E-state index is 0.193. The summed E-state index contributed by atoms with van der Waals surface area (Å²) in [7, 11) is 0. The van der Waals surface area contributed by atoms with E-state index in [1.807, 2.05) is 107 Å². The Morgan fingerprint density at radius 1 is 0.917 bits per heavy atom. The highest BCUT2D eigenvalue weighted by Gasteiger charge is 2.32. The molecule has 0 saturated carbocycles. The second-order valence-corrected chi connectivity index (χ2v) is 10.5. The Morgan fingerprint density at radius 3 is 1.97 bits per heavy atom. The Labute approximate surface area is 219 Å². The Morgan fingerprint density at radius 2 is 1.44 bits per heavy atom. The third kappa shape index (κ3) is 7.85. The maximum Gasteiger partial charge on any atom is 0.261 e. The minimum Gasteiger partial charge on any atom is -0.484 e. The summed E-state index contributed by atoms with van der Waals surface area (Å²) in [5, 5.41) is 3.75. The summed E-state index contributed by atoms with van der Waals surface area (Å²) < 4.78 is 5.90. The largest absolute Gasteiger partial charge is 0.484 e. The van der Waals surface area contributed by atoms with Crippen molar-refractivity contribution in [1.82, 2.24) is 10.2 Å². The molecule has 0 radical (unpaired) electrons. The number of amides is 2. The summed E-state index contributed by atoms with van der Waals surface area (Å²) in [6.07, 6.45) is 0.389. The molecule has 1 N–H and O–H groups in total. The van der Waals surface area contributed by atoms with Gasteiger partial charge in [0.15, 0.2) is 6.61 Å². The molecule has 0 heterocycles. The van der Waals surface area contributed by atoms with Crippen LogP contribution in [0, 0.1) is 13.8 Å². The molecule has 36 heavy (non-hydrogen) atoms. The van der Waals surface area contributed by atoms with Gasteiger partial charge < -0.3 is 15.0 Å². The lowest BCUT2D eigenvalue weighted by atomic mass is 10.0. The maximum absolute atomic E-state index is 13.7. The van der Waals surface area contributed by atoms with Gasteiger partial charge in [0.25, 0.3) is 5.91 Å². The van der Waals surface area contributed by atoms with Crippen molar-refractivity contribution in [2.75, 3.05) is 6.61 Å². The molecule has 6 heteroatoms. The van der Waals surface area contributed by atoms with Crippen LogP contribution in [-0.4, -0.2) is 34.9 Å². The van der Waals surface area contributed by atoms with Gasteiger partial charge >= 0.3 is 0 Å². The fraction of sp³-hybridized carbons (Fsp3) is 0.333. The van der Waals surface area contributed by atoms with Gasteiger partial charge in [-0.25, -0.2) is 0 Å². The van der Waals surface area contributed by atoms with Gasteiger partial charge in [0.2, 0.25) is 5.91 Å². The highest BCUT2D eigenvalue weighted by Crippen LogP contribution is 2.26. The van der Waals surface area contributed by atoms with Crippen molar-refractivity contribution in [2.45, 2.75) is 59.2 Å². The molecule has 0 bridgehead atoms. The van der Waals surface area contributed by atoms with Gasteiger partial charge in [0, 0.05) is 23.5 Å². The lowest BCUT2D eigenvalue weighted by Gasteiger charge is -2.33. The van der Waals surface area contributed by atoms with Crippen LogP contribution in [0.15, 0.2) is 72.8 Å². The Hall–Kier alpha value is -3.31. The molecule has 0 aromatic heterocycles. The van der Waals surface area contributed by atoms with E-state index in [2.05, 4.69) is 5.32 Å². The van der Waals surface area contributed by atoms with Gasteiger partial charge in [-0.05, 0) is 69.0 Å². The predicted molar refractivity (Wildman–Crippen MR) is 145 cm³/mol. The molecule has 0 spiro atoms. The molecule has 2 amide bonds. The molecule has 0 aliphatic rings. The van der Waals surface area contributed by atoms with Gasteiger partial charge in [0.05, 0.1) is 0 Å². The number of benzene rings is 3. The van der Waals surface area contributed by atoms with Crippen LogP contribution in [0.2, 0.25) is 5.02 Å². The van der Waals surface area contributed by atoms with Crippen molar-refractivity contribution in [3.8, 4) is 5.75 Å². The van der Waals surface area contributed by atoms with E-state index in [0.29, 0.717) is 17.2 Å². The summed E-state index contributed by atoms with van der Waals surface area (Å²) in [5.74, 6) is 0.101. The van der Waals surface area contributed by atoms with E-state index in [1.54, 1.807) is 4.90 Å². The van der Waals surface area contributed by atoms with Gasteiger partial charge in [0.1, 0.15) is 11.8 Å². The lowest BCUT2D eigenvalue weighted by Crippen LogP contribution is -2.55. The molecular formula is C30H35ClN2O3. The number of hydrogen-bond acceptors (Lipinski definition) is 3. The van der Waals surface area contributed by atoms with E-state index >= 15 is 0 Å². The standard InChI is InChI=1S/C30H35ClN2O3/c1-21-16-25(17-22(2)28(21)31)36-20-27(34)33(19-24-14-10-7-11-15-24)26(29(35)32-30(3,4)5)18-23-12-8-6-9-13-23/h6-17,26H,18-20H2,1-5H3,(H,32,35)/t26-/m0/s1. The molecule has 0 aliphatic carbocycles. The molecule has 1 atom stereocenters. The smallest absolute Gasteiger partial charge is 0.261 e. The highest BCUT2D eigenvalue weighted by atomic mass is 35.5. The summed E-state index contributed by atoms with van der Waals surface area (Å²) >= 11 is 6.28. The van der Waals surface area contributed by atoms with Crippen molar-refractivity contribution in [3.63, 3.8) is 0 Å². The first-order valence-corrected chi connectivity index (χ1v) is 12.5. The second kappa shape index (κ2) is 12.1. The third-order valence-electron chi connectivity index (χ3n) is 5.74. The Bertz CT molecular complexity index is 1150. The number of nitrogens with zero attached hydrogens (tertiary/aromatic N) is 1. The lowest BCUT2D eigenvalue weighted by molar-refractivity contribution is -0.143. The molecule has 3 rings (SSSR count). The number of rotatable bonds is 9. The number of aryl methyl sites for hydroxylation is 2. The second-order valence-electron chi connectivity index (χ2n) is 10.1. The molecule has 0 unspecified atom stereocenters. The number of halogens is 1. The number of hydrogen-bond donors (Lipinski definition) is 1. The first kappa shape index (κ1) is 27.3. The van der Waals surface area contributed by atoms with Gasteiger partial charge in [-0.1, -0.05) is 72.3 Å². The van der Waals surface area contributed by atoms with Crippen molar-refractivity contribution >= 4 is 23.4 Å². The fourth-order valence-corrected chi connectivity index (χ4v) is 4.11. The fourth-order valence-electron chi connectivity index (χ4n) is 4.00. The van der Waals surface area contributed by atoms with E-state index in [-0.39, 0.29) is 25.0 Å². The van der Waals surface area contributed by atoms with E-state index in [0.717, 1.165) is 22.3 Å². The first-order chi connectivity index (χ1) is 17.0. The van der Waals surface area contributed by atoms with E-state index in [9.17, 15) is 9.59 Å². The zero-order valence-corrected chi connectivity index (χ0v) is 22.4. The van der Waals surface area contributed by atoms with E-state index in [4.69, 9.17) is 16.3 Å². The van der Waals surface area contributed by atoms with Crippen molar-refractivity contribution in [2.24, 2.45) is 0 Å². The van der Waals surface area contributed by atoms with Crippen molar-refractivity contribution in [1.29, 1.82) is 0 Å². The summed E-state index contributed by atoms with van der Waals surface area (Å²) in [6.45, 7) is 9.70. The van der Waals surface area contributed by atoms with E-state index in [1.165, 1.54) is 0 Å². The monoisotopic (exact) mass is 506 g/mol. The summed E-state index contributed by atoms with van der Waals surface area (Å²) in [6, 6.07) is 22.4. The average molecular weight is 507 g/mol. The Kier molecular flexibility index (Phi) is 9.16. The number of nitrogens with one attached hydrogen (secondary N) is 1. The molecule has 3 aromatic rings. The first-order valence-electron chi connectivity index (χ1n) is 12.1. The third-order valence-corrected chi connectivity index (χ3v) is 6.33. The molecule has 0 fully saturated rings. The zero-order valence-electron chi connectivity index (χ0n) is 21.7. The van der Waals surface area contributed by atoms with Crippen molar-refractivity contribution in [3.05, 3.63) is 100 Å². The SMILES string of the molecule is Cc1cc(OCC(=O)N(Cc2ccccc2)[C@@H](Cc2ccccc2)C(=O)NC(C)(C)C)cc(C)c1Cl. The molecule has 190 valence electrons. The molecular weight excluding hydrogens is 472 g/mol. The van der Waals surface area contributed by atoms with Crippen LogP contribution in [0.5, 0.6) is 5.75 Å². The molecule has 3 aromatic carbocycles. The van der Waals surface area contributed by atoms with Crippen LogP contribution in [-0.2, 0) is 22.6 Å². The topological polar surface area (TPSA) is 58.6 Å². The van der Waals surface area contributed by atoms with Crippen LogP contribution in [0.4, 0.5) is 0 Å². The van der Waals surface area contributed by atoms with Gasteiger partial charge in [-0.2, -0.15) is 0 Å². The molecule has 0 saturated heterocycles. The number of ether oxygens (including phenoxy) is 1. The minimum atomic E-state index is -0.711. The maximum atomic E-state index is 13.7. The van der Waals surface area contributed by atoms with Crippen molar-refractivity contribution < 1.29 is 14.3 Å². The van der Waals surface area contributed by atoms with E-state index < -0.39 is 11.6 Å². The van der Waals surface area contributed by atoms with Crippen LogP contribution in [0.25, 0.3) is 0 Å². The van der Waals surface area contributed by atoms with Crippen LogP contribution in [0.1, 0.15) is 43.0 Å². The molecule has 5 nitrogen and oxygen atoms in total. The summed E-state index contributed by atoms with van der Waals surface area (Å²) in [5.41, 5.74) is 3.23. The van der Waals surface area contributed by atoms with Gasteiger partial charge in [-0.3, -0.25) is 9.59 Å². The van der Waals surface area contributed by atoms with Crippen LogP contribution >= 0.6 is 11.6 Å². The number of carbonyl (C=O) groups excluding carboxylic acids is 2. The zero-order chi connectivity index (χ0) is 26.3. The van der Waals surface area contributed by atoms with Crippen LogP contribution < -0.4 is 10.1 Å². The Balaban J connectivity index is 1.92.